The predicted octanol–water partition coefficient (Wildman–Crippen LogP) is 3.44. The smallest absolute Gasteiger partial charge is 0.321 e. The molecular formula is C15H22N4O. The molecular weight excluding hydrogens is 252 g/mol. The summed E-state index contributed by atoms with van der Waals surface area (Å²) < 4.78 is 0. The number of nitrogens with zero attached hydrogens (tertiary/aromatic N) is 1. The molecule has 20 heavy (non-hydrogen) atoms. The number of hydrogen-bond donors (Lipinski definition) is 3. The van der Waals surface area contributed by atoms with Crippen molar-refractivity contribution in [2.45, 2.75) is 39.5 Å². The number of benzene rings is 1. The summed E-state index contributed by atoms with van der Waals surface area (Å²) in [6.45, 7) is 4.86. The number of fused-ring (bicyclic) bond motifs is 1. The number of nitrogens with one attached hydrogen (secondary N) is 3. The van der Waals surface area contributed by atoms with Crippen LogP contribution in [0.2, 0.25) is 0 Å². The van der Waals surface area contributed by atoms with E-state index in [1.165, 1.54) is 18.4 Å². The molecule has 0 spiro atoms. The number of carbonyl (C=O) groups is 1. The molecule has 0 aliphatic heterocycles. The van der Waals surface area contributed by atoms with Gasteiger partial charge < -0.3 is 10.3 Å². The van der Waals surface area contributed by atoms with Crippen molar-refractivity contribution in [1.29, 1.82) is 0 Å². The third-order valence-corrected chi connectivity index (χ3v) is 3.13. The van der Waals surface area contributed by atoms with E-state index in [0.717, 1.165) is 23.9 Å². The second-order valence-electron chi connectivity index (χ2n) is 4.92. The van der Waals surface area contributed by atoms with Crippen LogP contribution < -0.4 is 10.6 Å². The van der Waals surface area contributed by atoms with E-state index in [4.69, 9.17) is 0 Å². The Kier molecular flexibility index (Phi) is 4.98. The molecule has 2 rings (SSSR count). The summed E-state index contributed by atoms with van der Waals surface area (Å²) in [6.07, 6.45) is 4.36. The molecule has 0 unspecified atom stereocenters. The average Bonchev–Trinajstić information content (AvgIpc) is 2.84. The highest BCUT2D eigenvalue weighted by Crippen LogP contribution is 2.17. The Morgan fingerprint density at radius 3 is 2.90 bits per heavy atom. The zero-order chi connectivity index (χ0) is 14.4. The van der Waals surface area contributed by atoms with Crippen molar-refractivity contribution in [1.82, 2.24) is 15.3 Å². The molecule has 0 aliphatic rings. The van der Waals surface area contributed by atoms with E-state index in [2.05, 4.69) is 39.7 Å². The van der Waals surface area contributed by atoms with E-state index >= 15 is 0 Å². The Morgan fingerprint density at radius 2 is 2.15 bits per heavy atom. The molecule has 3 N–H and O–H groups in total. The fourth-order valence-corrected chi connectivity index (χ4v) is 2.04. The largest absolute Gasteiger partial charge is 0.338 e. The molecule has 0 atom stereocenters. The summed E-state index contributed by atoms with van der Waals surface area (Å²) >= 11 is 0. The molecule has 108 valence electrons. The lowest BCUT2D eigenvalue weighted by Crippen LogP contribution is -2.29. The summed E-state index contributed by atoms with van der Waals surface area (Å²) in [4.78, 5) is 19.1. The van der Waals surface area contributed by atoms with Gasteiger partial charge >= 0.3 is 6.03 Å². The van der Waals surface area contributed by atoms with Crippen LogP contribution in [0.1, 0.15) is 38.7 Å². The van der Waals surface area contributed by atoms with Gasteiger partial charge in [-0.3, -0.25) is 5.32 Å². The van der Waals surface area contributed by atoms with Crippen molar-refractivity contribution >= 4 is 23.0 Å². The third kappa shape index (κ3) is 3.73. The average molecular weight is 274 g/mol. The van der Waals surface area contributed by atoms with E-state index in [0.29, 0.717) is 12.5 Å². The number of unbranched alkanes of at least 4 members (excludes halogenated alkanes) is 1. The second-order valence-corrected chi connectivity index (χ2v) is 4.92. The lowest BCUT2D eigenvalue weighted by Gasteiger charge is -2.02. The minimum Gasteiger partial charge on any atom is -0.338 e. The van der Waals surface area contributed by atoms with Gasteiger partial charge in [0.05, 0.1) is 11.0 Å². The number of aromatic nitrogens is 2. The van der Waals surface area contributed by atoms with Crippen LogP contribution in [0, 0.1) is 0 Å². The van der Waals surface area contributed by atoms with Gasteiger partial charge in [0.1, 0.15) is 0 Å². The Labute approximate surface area is 119 Å². The molecule has 0 saturated heterocycles. The van der Waals surface area contributed by atoms with Crippen molar-refractivity contribution in [3.63, 3.8) is 0 Å². The summed E-state index contributed by atoms with van der Waals surface area (Å²) in [5.41, 5.74) is 3.13. The van der Waals surface area contributed by atoms with E-state index in [9.17, 15) is 4.79 Å². The maximum atomic E-state index is 11.6. The molecule has 0 bridgehead atoms. The van der Waals surface area contributed by atoms with E-state index < -0.39 is 0 Å². The van der Waals surface area contributed by atoms with Crippen molar-refractivity contribution < 1.29 is 4.79 Å². The Hall–Kier alpha value is -2.04. The lowest BCUT2D eigenvalue weighted by atomic mass is 10.1. The molecule has 5 heteroatoms. The molecule has 0 aliphatic carbocycles. The molecule has 0 radical (unpaired) electrons. The standard InChI is InChI=1S/C15H22N4O/c1-3-5-6-11-7-8-12-13(10-11)18-14(17-12)19-15(20)16-9-4-2/h7-8,10H,3-6,9H2,1-2H3,(H3,16,17,18,19,20). The first kappa shape index (κ1) is 14.4. The molecule has 1 heterocycles. The SMILES string of the molecule is CCCCc1ccc2nc(NC(=O)NCCC)[nH]c2c1. The molecule has 2 aromatic rings. The first-order valence-electron chi connectivity index (χ1n) is 7.26. The van der Waals surface area contributed by atoms with Crippen LogP contribution in [0.25, 0.3) is 11.0 Å². The number of imidazole rings is 1. The fraction of sp³-hybridized carbons (Fsp3) is 0.467. The number of anilines is 1. The zero-order valence-electron chi connectivity index (χ0n) is 12.1. The zero-order valence-corrected chi connectivity index (χ0v) is 12.1. The van der Waals surface area contributed by atoms with Crippen LogP contribution in [-0.4, -0.2) is 22.5 Å². The maximum Gasteiger partial charge on any atom is 0.321 e. The molecule has 1 aromatic carbocycles. The van der Waals surface area contributed by atoms with Crippen LogP contribution in [-0.2, 0) is 6.42 Å². The van der Waals surface area contributed by atoms with Crippen LogP contribution in [0.4, 0.5) is 10.7 Å². The number of carbonyl (C=O) groups excluding carboxylic acids is 1. The molecule has 5 nitrogen and oxygen atoms in total. The monoisotopic (exact) mass is 274 g/mol. The van der Waals surface area contributed by atoms with Gasteiger partial charge in [0.15, 0.2) is 0 Å². The van der Waals surface area contributed by atoms with E-state index in [1.54, 1.807) is 0 Å². The number of hydrogen-bond acceptors (Lipinski definition) is 2. The highest BCUT2D eigenvalue weighted by atomic mass is 16.2. The minimum absolute atomic E-state index is 0.225. The van der Waals surface area contributed by atoms with Gasteiger partial charge in [-0.05, 0) is 37.0 Å². The number of amides is 2. The molecule has 0 fully saturated rings. The second kappa shape index (κ2) is 6.93. The summed E-state index contributed by atoms with van der Waals surface area (Å²) in [6, 6.07) is 5.97. The van der Waals surface area contributed by atoms with Gasteiger partial charge in [-0.15, -0.1) is 0 Å². The van der Waals surface area contributed by atoms with Gasteiger partial charge in [0.2, 0.25) is 5.95 Å². The van der Waals surface area contributed by atoms with Crippen LogP contribution in [0.15, 0.2) is 18.2 Å². The number of H-pyrrole nitrogens is 1. The number of rotatable bonds is 6. The van der Waals surface area contributed by atoms with Gasteiger partial charge in [-0.2, -0.15) is 0 Å². The van der Waals surface area contributed by atoms with Crippen molar-refractivity contribution in [3.05, 3.63) is 23.8 Å². The van der Waals surface area contributed by atoms with E-state index in [1.807, 2.05) is 13.0 Å². The molecule has 1 aromatic heterocycles. The van der Waals surface area contributed by atoms with Crippen LogP contribution in [0.5, 0.6) is 0 Å². The van der Waals surface area contributed by atoms with Gasteiger partial charge in [0, 0.05) is 6.54 Å². The quantitative estimate of drug-likeness (QED) is 0.755. The lowest BCUT2D eigenvalue weighted by molar-refractivity contribution is 0.252. The Bertz CT molecular complexity index is 576. The third-order valence-electron chi connectivity index (χ3n) is 3.13. The van der Waals surface area contributed by atoms with Crippen molar-refractivity contribution in [2.75, 3.05) is 11.9 Å². The number of aromatic amines is 1. The molecule has 0 saturated carbocycles. The maximum absolute atomic E-state index is 11.6. The Balaban J connectivity index is 2.06. The minimum atomic E-state index is -0.225. The highest BCUT2D eigenvalue weighted by Gasteiger charge is 2.06. The molecule has 2 amide bonds. The number of aryl methyl sites for hydroxylation is 1. The van der Waals surface area contributed by atoms with Gasteiger partial charge in [-0.1, -0.05) is 26.3 Å². The summed E-state index contributed by atoms with van der Waals surface area (Å²) in [7, 11) is 0. The Morgan fingerprint density at radius 1 is 1.30 bits per heavy atom. The summed E-state index contributed by atoms with van der Waals surface area (Å²) in [5.74, 6) is 0.487. The van der Waals surface area contributed by atoms with Crippen LogP contribution in [0.3, 0.4) is 0 Å². The summed E-state index contributed by atoms with van der Waals surface area (Å²) in [5, 5.41) is 5.47. The van der Waals surface area contributed by atoms with Crippen molar-refractivity contribution in [3.8, 4) is 0 Å². The normalized spacial score (nSPS) is 10.7. The number of urea groups is 1. The van der Waals surface area contributed by atoms with Crippen molar-refractivity contribution in [2.24, 2.45) is 0 Å². The van der Waals surface area contributed by atoms with E-state index in [-0.39, 0.29) is 6.03 Å². The topological polar surface area (TPSA) is 69.8 Å². The first-order chi connectivity index (χ1) is 9.72. The highest BCUT2D eigenvalue weighted by molar-refractivity contribution is 5.89. The fourth-order valence-electron chi connectivity index (χ4n) is 2.04. The van der Waals surface area contributed by atoms with Crippen LogP contribution >= 0.6 is 0 Å². The van der Waals surface area contributed by atoms with Gasteiger partial charge in [0.25, 0.3) is 0 Å². The van der Waals surface area contributed by atoms with Gasteiger partial charge in [-0.25, -0.2) is 9.78 Å². The first-order valence-corrected chi connectivity index (χ1v) is 7.26. The predicted molar refractivity (Wildman–Crippen MR) is 82.0 cm³/mol.